The maximum absolute atomic E-state index is 12.3. The van der Waals surface area contributed by atoms with E-state index in [0.29, 0.717) is 11.5 Å². The van der Waals surface area contributed by atoms with E-state index in [9.17, 15) is 4.79 Å². The summed E-state index contributed by atoms with van der Waals surface area (Å²) in [6.45, 7) is 1.54. The number of rotatable bonds is 2. The zero-order chi connectivity index (χ0) is 14.9. The number of likely N-dealkylation sites (tertiary alicyclic amines) is 1. The van der Waals surface area contributed by atoms with Gasteiger partial charge in [-0.2, -0.15) is 5.10 Å². The molecule has 0 unspecified atom stereocenters. The molecule has 1 N–H and O–H groups in total. The van der Waals surface area contributed by atoms with Crippen LogP contribution in [0, 0.1) is 0 Å². The summed E-state index contributed by atoms with van der Waals surface area (Å²) in [5.41, 5.74) is 3.15. The van der Waals surface area contributed by atoms with Gasteiger partial charge in [0.05, 0.1) is 17.5 Å². The number of aromatic nitrogens is 3. The van der Waals surface area contributed by atoms with E-state index in [-0.39, 0.29) is 5.91 Å². The zero-order valence-electron chi connectivity index (χ0n) is 12.5. The SMILES string of the molecule is O=C(c1cn[nH]c1)N1CCC(c2onc3c2CCCC3)CC1. The summed E-state index contributed by atoms with van der Waals surface area (Å²) in [5.74, 6) is 1.56. The molecule has 0 aromatic carbocycles. The number of nitrogens with zero attached hydrogens (tertiary/aromatic N) is 3. The van der Waals surface area contributed by atoms with Crippen LogP contribution in [0.2, 0.25) is 0 Å². The Bertz CT molecular complexity index is 654. The number of fused-ring (bicyclic) bond motifs is 1. The van der Waals surface area contributed by atoms with Crippen LogP contribution in [0.5, 0.6) is 0 Å². The van der Waals surface area contributed by atoms with Crippen molar-refractivity contribution >= 4 is 5.91 Å². The molecule has 0 saturated carbocycles. The summed E-state index contributed by atoms with van der Waals surface area (Å²) < 4.78 is 5.66. The molecule has 3 heterocycles. The molecular weight excluding hydrogens is 280 g/mol. The largest absolute Gasteiger partial charge is 0.361 e. The summed E-state index contributed by atoms with van der Waals surface area (Å²) in [6.07, 6.45) is 9.74. The van der Waals surface area contributed by atoms with Crippen molar-refractivity contribution in [3.63, 3.8) is 0 Å². The Morgan fingerprint density at radius 2 is 2.09 bits per heavy atom. The van der Waals surface area contributed by atoms with Gasteiger partial charge in [-0.1, -0.05) is 5.16 Å². The van der Waals surface area contributed by atoms with Crippen molar-refractivity contribution in [2.75, 3.05) is 13.1 Å². The number of H-pyrrole nitrogens is 1. The van der Waals surface area contributed by atoms with Crippen molar-refractivity contribution in [2.24, 2.45) is 0 Å². The zero-order valence-corrected chi connectivity index (χ0v) is 12.5. The average Bonchev–Trinajstić information content (AvgIpc) is 3.24. The number of piperidine rings is 1. The highest BCUT2D eigenvalue weighted by molar-refractivity contribution is 5.93. The number of hydrogen-bond donors (Lipinski definition) is 1. The lowest BCUT2D eigenvalue weighted by atomic mass is 9.87. The second-order valence-electron chi connectivity index (χ2n) is 6.23. The number of amides is 1. The Labute approximate surface area is 128 Å². The molecular formula is C16H20N4O2. The smallest absolute Gasteiger partial charge is 0.257 e. The van der Waals surface area contributed by atoms with E-state index in [4.69, 9.17) is 4.52 Å². The number of carbonyl (C=O) groups is 1. The summed E-state index contributed by atoms with van der Waals surface area (Å²) in [6, 6.07) is 0. The van der Waals surface area contributed by atoms with E-state index in [1.54, 1.807) is 12.4 Å². The fourth-order valence-corrected chi connectivity index (χ4v) is 3.63. The minimum absolute atomic E-state index is 0.0619. The molecule has 22 heavy (non-hydrogen) atoms. The maximum atomic E-state index is 12.3. The van der Waals surface area contributed by atoms with Gasteiger partial charge in [-0.05, 0) is 38.5 Å². The average molecular weight is 300 g/mol. The highest BCUT2D eigenvalue weighted by Crippen LogP contribution is 2.35. The third-order valence-corrected chi connectivity index (χ3v) is 4.89. The molecule has 4 rings (SSSR count). The molecule has 2 aromatic heterocycles. The fourth-order valence-electron chi connectivity index (χ4n) is 3.63. The van der Waals surface area contributed by atoms with Crippen molar-refractivity contribution in [1.29, 1.82) is 0 Å². The first-order valence-electron chi connectivity index (χ1n) is 8.08. The van der Waals surface area contributed by atoms with Crippen molar-refractivity contribution in [1.82, 2.24) is 20.3 Å². The van der Waals surface area contributed by atoms with Crippen LogP contribution < -0.4 is 0 Å². The Balaban J connectivity index is 1.44. The topological polar surface area (TPSA) is 75.0 Å². The van der Waals surface area contributed by atoms with Gasteiger partial charge < -0.3 is 9.42 Å². The molecule has 0 bridgehead atoms. The van der Waals surface area contributed by atoms with Gasteiger partial charge in [0.2, 0.25) is 0 Å². The van der Waals surface area contributed by atoms with Gasteiger partial charge in [0, 0.05) is 30.8 Å². The van der Waals surface area contributed by atoms with Crippen LogP contribution in [0.3, 0.4) is 0 Å². The van der Waals surface area contributed by atoms with Crippen LogP contribution in [-0.4, -0.2) is 39.3 Å². The number of nitrogens with one attached hydrogen (secondary N) is 1. The molecule has 0 atom stereocenters. The highest BCUT2D eigenvalue weighted by atomic mass is 16.5. The van der Waals surface area contributed by atoms with E-state index in [2.05, 4.69) is 15.4 Å². The third-order valence-electron chi connectivity index (χ3n) is 4.89. The fraction of sp³-hybridized carbons (Fsp3) is 0.562. The number of aromatic amines is 1. The van der Waals surface area contributed by atoms with Crippen molar-refractivity contribution in [3.8, 4) is 0 Å². The van der Waals surface area contributed by atoms with E-state index >= 15 is 0 Å². The maximum Gasteiger partial charge on any atom is 0.257 e. The molecule has 1 amide bonds. The number of carbonyl (C=O) groups excluding carboxylic acids is 1. The van der Waals surface area contributed by atoms with Crippen molar-refractivity contribution in [2.45, 2.75) is 44.4 Å². The van der Waals surface area contributed by atoms with Crippen LogP contribution in [-0.2, 0) is 12.8 Å². The lowest BCUT2D eigenvalue weighted by Gasteiger charge is -2.31. The Kier molecular flexibility index (Phi) is 3.44. The second-order valence-corrected chi connectivity index (χ2v) is 6.23. The minimum atomic E-state index is 0.0619. The molecule has 1 aliphatic heterocycles. The van der Waals surface area contributed by atoms with E-state index in [0.717, 1.165) is 50.2 Å². The van der Waals surface area contributed by atoms with Gasteiger partial charge in [0.25, 0.3) is 5.91 Å². The van der Waals surface area contributed by atoms with Gasteiger partial charge >= 0.3 is 0 Å². The van der Waals surface area contributed by atoms with Crippen LogP contribution in [0.1, 0.15) is 59.0 Å². The number of hydrogen-bond acceptors (Lipinski definition) is 4. The molecule has 1 fully saturated rings. The lowest BCUT2D eigenvalue weighted by molar-refractivity contribution is 0.0706. The van der Waals surface area contributed by atoms with Crippen LogP contribution in [0.15, 0.2) is 16.9 Å². The molecule has 6 heteroatoms. The van der Waals surface area contributed by atoms with Crippen molar-refractivity contribution in [3.05, 3.63) is 35.0 Å². The van der Waals surface area contributed by atoms with Crippen LogP contribution in [0.4, 0.5) is 0 Å². The predicted molar refractivity (Wildman–Crippen MR) is 79.6 cm³/mol. The van der Waals surface area contributed by atoms with Gasteiger partial charge in [-0.25, -0.2) is 0 Å². The van der Waals surface area contributed by atoms with Gasteiger partial charge in [-0.3, -0.25) is 9.89 Å². The standard InChI is InChI=1S/C16H20N4O2/c21-16(12-9-17-18-10-12)20-7-5-11(6-8-20)15-13-3-1-2-4-14(13)19-22-15/h9-11H,1-8H2,(H,17,18). The lowest BCUT2D eigenvalue weighted by Crippen LogP contribution is -2.37. The predicted octanol–water partition coefficient (Wildman–Crippen LogP) is 2.30. The first-order chi connectivity index (χ1) is 10.8. The minimum Gasteiger partial charge on any atom is -0.361 e. The summed E-state index contributed by atoms with van der Waals surface area (Å²) in [7, 11) is 0. The molecule has 1 saturated heterocycles. The molecule has 1 aliphatic carbocycles. The Hall–Kier alpha value is -2.11. The quantitative estimate of drug-likeness (QED) is 0.923. The Morgan fingerprint density at radius 3 is 2.86 bits per heavy atom. The molecule has 2 aromatic rings. The molecule has 116 valence electrons. The van der Waals surface area contributed by atoms with E-state index in [1.807, 2.05) is 4.90 Å². The highest BCUT2D eigenvalue weighted by Gasteiger charge is 2.30. The van der Waals surface area contributed by atoms with E-state index in [1.165, 1.54) is 18.4 Å². The van der Waals surface area contributed by atoms with Crippen LogP contribution >= 0.6 is 0 Å². The number of aryl methyl sites for hydroxylation is 1. The van der Waals surface area contributed by atoms with Gasteiger partial charge in [-0.15, -0.1) is 0 Å². The summed E-state index contributed by atoms with van der Waals surface area (Å²) >= 11 is 0. The molecule has 6 nitrogen and oxygen atoms in total. The summed E-state index contributed by atoms with van der Waals surface area (Å²) in [4.78, 5) is 14.2. The molecule has 2 aliphatic rings. The van der Waals surface area contributed by atoms with Crippen LogP contribution in [0.25, 0.3) is 0 Å². The Morgan fingerprint density at radius 1 is 1.27 bits per heavy atom. The monoisotopic (exact) mass is 300 g/mol. The first-order valence-corrected chi connectivity index (χ1v) is 8.08. The van der Waals surface area contributed by atoms with E-state index < -0.39 is 0 Å². The molecule has 0 spiro atoms. The van der Waals surface area contributed by atoms with Gasteiger partial charge in [0.1, 0.15) is 5.76 Å². The first kappa shape index (κ1) is 13.5. The molecule has 0 radical (unpaired) electrons. The normalized spacial score (nSPS) is 19.2. The van der Waals surface area contributed by atoms with Gasteiger partial charge in [0.15, 0.2) is 0 Å². The second kappa shape index (κ2) is 5.59. The summed E-state index contributed by atoms with van der Waals surface area (Å²) in [5, 5.41) is 10.8. The third kappa shape index (κ3) is 2.32. The van der Waals surface area contributed by atoms with Crippen molar-refractivity contribution < 1.29 is 9.32 Å².